The highest BCUT2D eigenvalue weighted by molar-refractivity contribution is 7.86. The topological polar surface area (TPSA) is 39.2 Å². The number of hydrogen-bond acceptors (Lipinski definition) is 3. The van der Waals surface area contributed by atoms with Gasteiger partial charge in [0.15, 0.2) is 0 Å². The molecule has 3 unspecified atom stereocenters. The molecule has 2 aliphatic heterocycles. The van der Waals surface area contributed by atoms with Gasteiger partial charge in [0.1, 0.15) is 12.4 Å². The highest BCUT2D eigenvalue weighted by atomic mass is 32.2. The average Bonchev–Trinajstić information content (AvgIpc) is 2.82. The number of rotatable bonds is 4. The molecule has 4 heteroatoms. The smallest absolute Gasteiger partial charge is 0.138 e. The molecule has 0 spiro atoms. The fourth-order valence-corrected chi connectivity index (χ4v) is 5.20. The Labute approximate surface area is 138 Å². The van der Waals surface area contributed by atoms with Crippen LogP contribution in [0, 0.1) is 0 Å². The lowest BCUT2D eigenvalue weighted by molar-refractivity contribution is 0.305. The van der Waals surface area contributed by atoms with Crippen molar-refractivity contribution in [3.05, 3.63) is 66.0 Å². The van der Waals surface area contributed by atoms with Gasteiger partial charge in [0.25, 0.3) is 0 Å². The lowest BCUT2D eigenvalue weighted by Gasteiger charge is -2.19. The molecule has 3 atom stereocenters. The van der Waals surface area contributed by atoms with Gasteiger partial charge < -0.3 is 4.74 Å². The van der Waals surface area contributed by atoms with Gasteiger partial charge in [0, 0.05) is 22.2 Å². The molecule has 2 aliphatic rings. The van der Waals surface area contributed by atoms with E-state index in [-0.39, 0.29) is 5.25 Å². The van der Waals surface area contributed by atoms with Crippen LogP contribution in [0.1, 0.15) is 30.4 Å². The molecule has 1 aromatic carbocycles. The molecule has 118 valence electrons. The van der Waals surface area contributed by atoms with Crippen molar-refractivity contribution < 1.29 is 8.95 Å². The maximum Gasteiger partial charge on any atom is 0.138 e. The molecule has 1 aromatic heterocycles. The Morgan fingerprint density at radius 2 is 2.04 bits per heavy atom. The number of benzene rings is 1. The average molecular weight is 325 g/mol. The number of hydrogen-bond donors (Lipinski definition) is 0. The van der Waals surface area contributed by atoms with Crippen LogP contribution >= 0.6 is 0 Å². The molecule has 2 bridgehead atoms. The predicted molar refractivity (Wildman–Crippen MR) is 92.6 cm³/mol. The van der Waals surface area contributed by atoms with Gasteiger partial charge in [-0.15, -0.1) is 0 Å². The van der Waals surface area contributed by atoms with Gasteiger partial charge >= 0.3 is 0 Å². The first-order valence-corrected chi connectivity index (χ1v) is 9.29. The fraction of sp³-hybridized carbons (Fsp3) is 0.316. The fourth-order valence-electron chi connectivity index (χ4n) is 3.33. The summed E-state index contributed by atoms with van der Waals surface area (Å²) in [5.41, 5.74) is 3.52. The number of pyridine rings is 1. The minimum atomic E-state index is -0.675. The maximum atomic E-state index is 12.1. The molecule has 0 radical (unpaired) electrons. The second-order valence-corrected chi connectivity index (χ2v) is 8.08. The van der Waals surface area contributed by atoms with E-state index in [4.69, 9.17) is 4.74 Å². The van der Waals surface area contributed by atoms with Gasteiger partial charge in [-0.25, -0.2) is 0 Å². The summed E-state index contributed by atoms with van der Waals surface area (Å²) in [6.07, 6.45) is 8.86. The van der Waals surface area contributed by atoms with E-state index in [0.717, 1.165) is 36.1 Å². The molecule has 0 aliphatic carbocycles. The minimum Gasteiger partial charge on any atom is -0.487 e. The minimum absolute atomic E-state index is 0.234. The summed E-state index contributed by atoms with van der Waals surface area (Å²) >= 11 is 0. The number of fused-ring (bicyclic) bond motifs is 2. The van der Waals surface area contributed by atoms with Crippen LogP contribution in [0.5, 0.6) is 5.75 Å². The van der Waals surface area contributed by atoms with Gasteiger partial charge in [-0.2, -0.15) is 0 Å². The molecular formula is C19H19NO2S. The highest BCUT2D eigenvalue weighted by Gasteiger charge is 2.36. The van der Waals surface area contributed by atoms with E-state index in [1.165, 1.54) is 5.57 Å². The van der Waals surface area contributed by atoms with Crippen molar-refractivity contribution in [2.45, 2.75) is 36.4 Å². The molecule has 0 N–H and O–H groups in total. The normalized spacial score (nSPS) is 25.9. The van der Waals surface area contributed by atoms with Gasteiger partial charge in [-0.3, -0.25) is 9.19 Å². The zero-order chi connectivity index (χ0) is 15.6. The Kier molecular flexibility index (Phi) is 4.00. The Morgan fingerprint density at radius 1 is 1.17 bits per heavy atom. The van der Waals surface area contributed by atoms with E-state index in [9.17, 15) is 4.21 Å². The summed E-state index contributed by atoms with van der Waals surface area (Å²) in [5.74, 6) is 0.784. The monoisotopic (exact) mass is 325 g/mol. The van der Waals surface area contributed by atoms with Crippen LogP contribution in [0.3, 0.4) is 0 Å². The molecule has 23 heavy (non-hydrogen) atoms. The Balaban J connectivity index is 1.51. The third-order valence-electron chi connectivity index (χ3n) is 4.57. The lowest BCUT2D eigenvalue weighted by atomic mass is 10.0. The largest absolute Gasteiger partial charge is 0.487 e. The second-order valence-electron chi connectivity index (χ2n) is 6.15. The van der Waals surface area contributed by atoms with Crippen molar-refractivity contribution in [2.24, 2.45) is 0 Å². The molecule has 3 heterocycles. The van der Waals surface area contributed by atoms with E-state index >= 15 is 0 Å². The van der Waals surface area contributed by atoms with Gasteiger partial charge in [0.05, 0.1) is 11.4 Å². The molecule has 0 amide bonds. The van der Waals surface area contributed by atoms with Crippen LogP contribution in [0.15, 0.2) is 54.9 Å². The molecule has 3 nitrogen and oxygen atoms in total. The molecule has 0 saturated carbocycles. The summed E-state index contributed by atoms with van der Waals surface area (Å²) in [4.78, 5) is 4.32. The maximum absolute atomic E-state index is 12.1. The van der Waals surface area contributed by atoms with Crippen LogP contribution in [0.2, 0.25) is 0 Å². The standard InChI is InChI=1S/C19H19NO2S/c21-23-18-6-7-19(23)10-15(9-18)16-8-17(12-20-11-16)22-13-14-4-2-1-3-5-14/h1-5,8-9,11-12,18-19H,6-7,10,13H2. The van der Waals surface area contributed by atoms with Crippen LogP contribution in [0.25, 0.3) is 5.57 Å². The second kappa shape index (κ2) is 6.28. The number of ether oxygens (including phenoxy) is 1. The molecule has 2 aromatic rings. The third-order valence-corrected chi connectivity index (χ3v) is 6.60. The Bertz CT molecular complexity index is 757. The molecule has 1 saturated heterocycles. The van der Waals surface area contributed by atoms with E-state index < -0.39 is 10.8 Å². The van der Waals surface area contributed by atoms with Crippen LogP contribution in [-0.4, -0.2) is 19.7 Å². The third kappa shape index (κ3) is 3.08. The van der Waals surface area contributed by atoms with E-state index in [1.54, 1.807) is 6.20 Å². The Hall–Kier alpha value is -1.94. The van der Waals surface area contributed by atoms with Crippen molar-refractivity contribution in [1.29, 1.82) is 0 Å². The summed E-state index contributed by atoms with van der Waals surface area (Å²) in [6.45, 7) is 0.542. The summed E-state index contributed by atoms with van der Waals surface area (Å²) < 4.78 is 18.0. The molecule has 4 rings (SSSR count). The number of allylic oxidation sites excluding steroid dienone is 1. The summed E-state index contributed by atoms with van der Waals surface area (Å²) in [5, 5.41) is 0.562. The molecule has 1 fully saturated rings. The first-order chi connectivity index (χ1) is 11.3. The summed E-state index contributed by atoms with van der Waals surface area (Å²) in [7, 11) is -0.675. The van der Waals surface area contributed by atoms with E-state index in [2.05, 4.69) is 17.1 Å². The predicted octanol–water partition coefficient (Wildman–Crippen LogP) is 3.73. The van der Waals surface area contributed by atoms with Crippen molar-refractivity contribution in [1.82, 2.24) is 4.98 Å². The SMILES string of the molecule is O=S1C2C=C(c3cncc(OCc4ccccc4)c3)CC1CC2. The van der Waals surface area contributed by atoms with Crippen molar-refractivity contribution in [3.63, 3.8) is 0 Å². The number of aromatic nitrogens is 1. The Morgan fingerprint density at radius 3 is 2.87 bits per heavy atom. The van der Waals surface area contributed by atoms with Crippen molar-refractivity contribution in [3.8, 4) is 5.75 Å². The van der Waals surface area contributed by atoms with E-state index in [0.29, 0.717) is 11.9 Å². The quantitative estimate of drug-likeness (QED) is 0.860. The van der Waals surface area contributed by atoms with E-state index in [1.807, 2.05) is 36.5 Å². The van der Waals surface area contributed by atoms with Crippen molar-refractivity contribution >= 4 is 16.4 Å². The highest BCUT2D eigenvalue weighted by Crippen LogP contribution is 2.38. The van der Waals surface area contributed by atoms with Crippen molar-refractivity contribution in [2.75, 3.05) is 0 Å². The first-order valence-electron chi connectivity index (χ1n) is 8.02. The van der Waals surface area contributed by atoms with Gasteiger partial charge in [-0.05, 0) is 42.0 Å². The van der Waals surface area contributed by atoms with Gasteiger partial charge in [-0.1, -0.05) is 36.4 Å². The molecular weight excluding hydrogens is 306 g/mol. The first kappa shape index (κ1) is 14.6. The van der Waals surface area contributed by atoms with Crippen LogP contribution < -0.4 is 4.74 Å². The summed E-state index contributed by atoms with van der Waals surface area (Å²) in [6, 6.07) is 12.2. The van der Waals surface area contributed by atoms with Gasteiger partial charge in [0.2, 0.25) is 0 Å². The zero-order valence-corrected chi connectivity index (χ0v) is 13.7. The van der Waals surface area contributed by atoms with Crippen LogP contribution in [-0.2, 0) is 17.4 Å². The lowest BCUT2D eigenvalue weighted by Crippen LogP contribution is -2.19. The zero-order valence-electron chi connectivity index (χ0n) is 12.9. The number of nitrogens with zero attached hydrogens (tertiary/aromatic N) is 1. The van der Waals surface area contributed by atoms with Crippen LogP contribution in [0.4, 0.5) is 0 Å².